The van der Waals surface area contributed by atoms with Crippen LogP contribution >= 0.6 is 11.6 Å². The Morgan fingerprint density at radius 2 is 2.10 bits per heavy atom. The number of anilines is 1. The third kappa shape index (κ3) is 2.48. The summed E-state index contributed by atoms with van der Waals surface area (Å²) in [6.45, 7) is 6.31. The maximum absolute atomic E-state index is 6.10. The van der Waals surface area contributed by atoms with Crippen molar-refractivity contribution in [2.24, 2.45) is 0 Å². The average Bonchev–Trinajstić information content (AvgIpc) is 2.81. The summed E-state index contributed by atoms with van der Waals surface area (Å²) in [7, 11) is 1.61. The first-order valence-corrected chi connectivity index (χ1v) is 6.88. The first-order chi connectivity index (χ1) is 9.40. The minimum absolute atomic E-state index is 0.149. The third-order valence-corrected chi connectivity index (χ3v) is 3.91. The molecule has 1 aromatic heterocycles. The quantitative estimate of drug-likeness (QED) is 0.914. The monoisotopic (exact) mass is 294 g/mol. The highest BCUT2D eigenvalue weighted by molar-refractivity contribution is 6.31. The van der Waals surface area contributed by atoms with Gasteiger partial charge in [0.05, 0.1) is 18.4 Å². The van der Waals surface area contributed by atoms with E-state index in [9.17, 15) is 0 Å². The summed E-state index contributed by atoms with van der Waals surface area (Å²) in [6.07, 6.45) is 0.912. The standard InChI is InChI=1S/C15H19ClN2O2/c1-5-15(2,3)13-12(14(17)20-18-13)10-8-9(16)6-7-11(10)19-4/h6-8H,5,17H2,1-4H3. The normalized spacial score (nSPS) is 11.7. The smallest absolute Gasteiger partial charge is 0.230 e. The van der Waals surface area contributed by atoms with Crippen LogP contribution in [0.15, 0.2) is 22.7 Å². The molecule has 0 amide bonds. The van der Waals surface area contributed by atoms with Gasteiger partial charge in [-0.1, -0.05) is 37.5 Å². The second-order valence-corrected chi connectivity index (χ2v) is 5.79. The molecular formula is C15H19ClN2O2. The zero-order valence-corrected chi connectivity index (χ0v) is 12.9. The molecular weight excluding hydrogens is 276 g/mol. The van der Waals surface area contributed by atoms with Crippen molar-refractivity contribution < 1.29 is 9.26 Å². The van der Waals surface area contributed by atoms with Crippen LogP contribution in [0.2, 0.25) is 5.02 Å². The van der Waals surface area contributed by atoms with Crippen molar-refractivity contribution in [2.45, 2.75) is 32.6 Å². The molecule has 0 fully saturated rings. The molecule has 0 bridgehead atoms. The molecule has 1 aromatic carbocycles. The van der Waals surface area contributed by atoms with Crippen molar-refractivity contribution in [3.05, 3.63) is 28.9 Å². The molecule has 0 unspecified atom stereocenters. The van der Waals surface area contributed by atoms with Crippen LogP contribution in [0.3, 0.4) is 0 Å². The van der Waals surface area contributed by atoms with Gasteiger partial charge in [-0.3, -0.25) is 0 Å². The molecule has 0 spiro atoms. The summed E-state index contributed by atoms with van der Waals surface area (Å²) in [5, 5.41) is 4.75. The van der Waals surface area contributed by atoms with E-state index in [0.29, 0.717) is 10.8 Å². The molecule has 0 radical (unpaired) electrons. The highest BCUT2D eigenvalue weighted by Crippen LogP contribution is 2.42. The summed E-state index contributed by atoms with van der Waals surface area (Å²) in [5.74, 6) is 0.972. The van der Waals surface area contributed by atoms with Crippen molar-refractivity contribution in [3.63, 3.8) is 0 Å². The molecule has 2 aromatic rings. The van der Waals surface area contributed by atoms with Crippen LogP contribution in [0.25, 0.3) is 11.1 Å². The highest BCUT2D eigenvalue weighted by atomic mass is 35.5. The van der Waals surface area contributed by atoms with Crippen LogP contribution in [-0.2, 0) is 5.41 Å². The molecule has 2 N–H and O–H groups in total. The third-order valence-electron chi connectivity index (χ3n) is 3.67. The minimum atomic E-state index is -0.149. The number of benzene rings is 1. The Morgan fingerprint density at radius 1 is 1.40 bits per heavy atom. The summed E-state index contributed by atoms with van der Waals surface area (Å²) in [4.78, 5) is 0. The summed E-state index contributed by atoms with van der Waals surface area (Å²) in [6, 6.07) is 5.41. The van der Waals surface area contributed by atoms with Crippen molar-refractivity contribution in [3.8, 4) is 16.9 Å². The van der Waals surface area contributed by atoms with E-state index in [1.807, 2.05) is 12.1 Å². The van der Waals surface area contributed by atoms with E-state index >= 15 is 0 Å². The Labute approximate surface area is 123 Å². The average molecular weight is 295 g/mol. The Balaban J connectivity index is 2.70. The first-order valence-electron chi connectivity index (χ1n) is 6.50. The van der Waals surface area contributed by atoms with Gasteiger partial charge < -0.3 is 15.0 Å². The van der Waals surface area contributed by atoms with Crippen molar-refractivity contribution in [1.29, 1.82) is 0 Å². The number of hydrogen-bond acceptors (Lipinski definition) is 4. The number of nitrogens with zero attached hydrogens (tertiary/aromatic N) is 1. The van der Waals surface area contributed by atoms with Gasteiger partial charge in [0.15, 0.2) is 0 Å². The molecule has 0 aliphatic carbocycles. The molecule has 0 saturated heterocycles. The first kappa shape index (κ1) is 14.7. The van der Waals surface area contributed by atoms with Crippen LogP contribution in [0.5, 0.6) is 5.75 Å². The summed E-state index contributed by atoms with van der Waals surface area (Å²) >= 11 is 6.10. The Bertz CT molecular complexity index is 620. The predicted octanol–water partition coefficient (Wildman–Crippen LogP) is 4.27. The number of aromatic nitrogens is 1. The molecule has 108 valence electrons. The van der Waals surface area contributed by atoms with E-state index in [0.717, 1.165) is 23.2 Å². The molecule has 5 heteroatoms. The van der Waals surface area contributed by atoms with E-state index in [4.69, 9.17) is 26.6 Å². The number of rotatable bonds is 4. The minimum Gasteiger partial charge on any atom is -0.496 e. The zero-order chi connectivity index (χ0) is 14.9. The predicted molar refractivity (Wildman–Crippen MR) is 81.2 cm³/mol. The van der Waals surface area contributed by atoms with Crippen molar-refractivity contribution in [1.82, 2.24) is 5.16 Å². The molecule has 0 saturated carbocycles. The number of nitrogens with two attached hydrogens (primary N) is 1. The number of hydrogen-bond donors (Lipinski definition) is 1. The summed E-state index contributed by atoms with van der Waals surface area (Å²) < 4.78 is 10.6. The SMILES string of the molecule is CCC(C)(C)c1noc(N)c1-c1cc(Cl)ccc1OC. The van der Waals surface area contributed by atoms with E-state index in [-0.39, 0.29) is 11.3 Å². The van der Waals surface area contributed by atoms with Gasteiger partial charge in [-0.25, -0.2) is 0 Å². The van der Waals surface area contributed by atoms with Gasteiger partial charge in [-0.05, 0) is 24.6 Å². The van der Waals surface area contributed by atoms with E-state index in [1.165, 1.54) is 0 Å². The lowest BCUT2D eigenvalue weighted by Crippen LogP contribution is -2.17. The van der Waals surface area contributed by atoms with Crippen LogP contribution in [0, 0.1) is 0 Å². The maximum atomic E-state index is 6.10. The fraction of sp³-hybridized carbons (Fsp3) is 0.400. The van der Waals surface area contributed by atoms with Gasteiger partial charge in [0.2, 0.25) is 5.88 Å². The highest BCUT2D eigenvalue weighted by Gasteiger charge is 2.30. The molecule has 1 heterocycles. The molecule has 0 aliphatic heterocycles. The lowest BCUT2D eigenvalue weighted by molar-refractivity contribution is 0.391. The van der Waals surface area contributed by atoms with Crippen LogP contribution in [0.1, 0.15) is 32.9 Å². The number of nitrogen functional groups attached to an aromatic ring is 1. The summed E-state index contributed by atoms with van der Waals surface area (Å²) in [5.41, 5.74) is 8.20. The number of ether oxygens (including phenoxy) is 1. The topological polar surface area (TPSA) is 61.3 Å². The van der Waals surface area contributed by atoms with Gasteiger partial charge in [0.1, 0.15) is 5.75 Å². The van der Waals surface area contributed by atoms with Crippen LogP contribution in [-0.4, -0.2) is 12.3 Å². The van der Waals surface area contributed by atoms with Gasteiger partial charge in [-0.15, -0.1) is 0 Å². The molecule has 20 heavy (non-hydrogen) atoms. The largest absolute Gasteiger partial charge is 0.496 e. The molecule has 4 nitrogen and oxygen atoms in total. The lowest BCUT2D eigenvalue weighted by atomic mass is 9.82. The fourth-order valence-corrected chi connectivity index (χ4v) is 2.24. The molecule has 0 atom stereocenters. The van der Waals surface area contributed by atoms with Crippen molar-refractivity contribution >= 4 is 17.5 Å². The van der Waals surface area contributed by atoms with Gasteiger partial charge in [0.25, 0.3) is 0 Å². The Hall–Kier alpha value is -1.68. The van der Waals surface area contributed by atoms with Gasteiger partial charge in [-0.2, -0.15) is 0 Å². The zero-order valence-electron chi connectivity index (χ0n) is 12.2. The van der Waals surface area contributed by atoms with E-state index in [1.54, 1.807) is 13.2 Å². The van der Waals surface area contributed by atoms with Crippen LogP contribution in [0.4, 0.5) is 5.88 Å². The maximum Gasteiger partial charge on any atom is 0.230 e. The van der Waals surface area contributed by atoms with E-state index in [2.05, 4.69) is 25.9 Å². The van der Waals surface area contributed by atoms with E-state index < -0.39 is 0 Å². The lowest BCUT2D eigenvalue weighted by Gasteiger charge is -2.21. The molecule has 2 rings (SSSR count). The van der Waals surface area contributed by atoms with Gasteiger partial charge >= 0.3 is 0 Å². The second-order valence-electron chi connectivity index (χ2n) is 5.35. The fourth-order valence-electron chi connectivity index (χ4n) is 2.07. The molecule has 0 aliphatic rings. The van der Waals surface area contributed by atoms with Crippen molar-refractivity contribution in [2.75, 3.05) is 12.8 Å². The van der Waals surface area contributed by atoms with Gasteiger partial charge in [0, 0.05) is 16.0 Å². The Kier molecular flexibility index (Phi) is 3.95. The van der Waals surface area contributed by atoms with Crippen LogP contribution < -0.4 is 10.5 Å². The Morgan fingerprint density at radius 3 is 2.70 bits per heavy atom. The second kappa shape index (κ2) is 5.37. The number of methoxy groups -OCH3 is 1. The number of halogens is 1.